The molecule has 23 heavy (non-hydrogen) atoms. The van der Waals surface area contributed by atoms with Gasteiger partial charge < -0.3 is 0 Å². The van der Waals surface area contributed by atoms with E-state index in [1.165, 1.54) is 0 Å². The molecule has 0 bridgehead atoms. The zero-order valence-corrected chi connectivity index (χ0v) is 11.4. The Balaban J connectivity index is 2.08. The first-order chi connectivity index (χ1) is 10.9. The quantitative estimate of drug-likeness (QED) is 0.501. The monoisotopic (exact) mass is 316 g/mol. The minimum Gasteiger partial charge on any atom is -0.268 e. The molecule has 7 heteroatoms. The molecule has 0 fully saturated rings. The van der Waals surface area contributed by atoms with Gasteiger partial charge >= 0.3 is 6.18 Å². The van der Waals surface area contributed by atoms with Crippen molar-refractivity contribution in [2.75, 3.05) is 0 Å². The summed E-state index contributed by atoms with van der Waals surface area (Å²) in [5, 5.41) is -0.232. The largest absolute Gasteiger partial charge is 0.416 e. The molecule has 0 aliphatic carbocycles. The Morgan fingerprint density at radius 1 is 0.957 bits per heavy atom. The second kappa shape index (κ2) is 4.28. The summed E-state index contributed by atoms with van der Waals surface area (Å²) in [6.07, 6.45) is -4.57. The lowest BCUT2D eigenvalue weighted by atomic mass is 10.1. The first-order valence-corrected chi connectivity index (χ1v) is 6.66. The molecule has 4 rings (SSSR count). The first-order valence-electron chi connectivity index (χ1n) is 6.66. The molecule has 1 aromatic heterocycles. The molecule has 2 aromatic carbocycles. The summed E-state index contributed by atoms with van der Waals surface area (Å²) in [6.45, 7) is 0. The molecular weight excluding hydrogens is 309 g/mol. The molecule has 1 aliphatic rings. The molecular formula is C16H7F3N2O2. The van der Waals surface area contributed by atoms with Crippen molar-refractivity contribution in [3.05, 3.63) is 63.9 Å². The van der Waals surface area contributed by atoms with E-state index in [0.29, 0.717) is 11.1 Å². The van der Waals surface area contributed by atoms with Crippen molar-refractivity contribution in [1.82, 2.24) is 9.55 Å². The lowest BCUT2D eigenvalue weighted by molar-refractivity contribution is -0.137. The Morgan fingerprint density at radius 2 is 1.65 bits per heavy atom. The van der Waals surface area contributed by atoms with Gasteiger partial charge in [-0.15, -0.1) is 0 Å². The number of carbonyl (C=O) groups excluding carboxylic acids is 1. The summed E-state index contributed by atoms with van der Waals surface area (Å²) in [4.78, 5) is 29.1. The highest BCUT2D eigenvalue weighted by molar-refractivity contribution is 6.09. The fourth-order valence-corrected chi connectivity index (χ4v) is 2.72. The van der Waals surface area contributed by atoms with Crippen LogP contribution in [-0.4, -0.2) is 15.5 Å². The van der Waals surface area contributed by atoms with Crippen LogP contribution >= 0.6 is 0 Å². The fourth-order valence-electron chi connectivity index (χ4n) is 2.72. The second-order valence-corrected chi connectivity index (χ2v) is 5.16. The van der Waals surface area contributed by atoms with E-state index in [9.17, 15) is 22.8 Å². The van der Waals surface area contributed by atoms with E-state index in [2.05, 4.69) is 4.98 Å². The van der Waals surface area contributed by atoms with Crippen LogP contribution in [0.3, 0.4) is 0 Å². The van der Waals surface area contributed by atoms with Gasteiger partial charge in [0, 0.05) is 5.56 Å². The van der Waals surface area contributed by atoms with Crippen LogP contribution in [0.5, 0.6) is 0 Å². The molecule has 0 saturated carbocycles. The van der Waals surface area contributed by atoms with Crippen molar-refractivity contribution >= 4 is 16.8 Å². The summed E-state index contributed by atoms with van der Waals surface area (Å²) < 4.78 is 39.3. The third-order valence-electron chi connectivity index (χ3n) is 3.80. The molecule has 1 aliphatic heterocycles. The smallest absolute Gasteiger partial charge is 0.268 e. The Kier molecular flexibility index (Phi) is 2.55. The number of carbonyl (C=O) groups is 1. The van der Waals surface area contributed by atoms with Crippen molar-refractivity contribution in [2.45, 2.75) is 6.18 Å². The number of rotatable bonds is 0. The van der Waals surface area contributed by atoms with E-state index in [1.807, 2.05) is 0 Å². The summed E-state index contributed by atoms with van der Waals surface area (Å²) in [5.41, 5.74) is -0.816. The minimum atomic E-state index is -4.57. The molecule has 0 radical (unpaired) electrons. The van der Waals surface area contributed by atoms with Crippen molar-refractivity contribution in [3.8, 4) is 11.4 Å². The van der Waals surface area contributed by atoms with Crippen molar-refractivity contribution in [2.24, 2.45) is 0 Å². The maximum absolute atomic E-state index is 12.8. The van der Waals surface area contributed by atoms with Crippen LogP contribution in [0.4, 0.5) is 13.2 Å². The number of alkyl halides is 3. The number of aromatic nitrogens is 2. The maximum atomic E-state index is 12.8. The predicted octanol–water partition coefficient (Wildman–Crippen LogP) is 3.08. The van der Waals surface area contributed by atoms with Crippen LogP contribution in [0.25, 0.3) is 22.3 Å². The van der Waals surface area contributed by atoms with Gasteiger partial charge in [-0.05, 0) is 24.3 Å². The number of hydrogen-bond acceptors (Lipinski definition) is 3. The van der Waals surface area contributed by atoms with E-state index < -0.39 is 23.2 Å². The van der Waals surface area contributed by atoms with Gasteiger partial charge in [0.05, 0.1) is 22.0 Å². The van der Waals surface area contributed by atoms with Crippen LogP contribution in [-0.2, 0) is 6.18 Å². The van der Waals surface area contributed by atoms with Crippen molar-refractivity contribution < 1.29 is 18.0 Å². The number of nitrogens with zero attached hydrogens (tertiary/aromatic N) is 2. The van der Waals surface area contributed by atoms with Gasteiger partial charge in [0.2, 0.25) is 0 Å². The zero-order valence-electron chi connectivity index (χ0n) is 11.4. The Labute approximate surface area is 126 Å². The van der Waals surface area contributed by atoms with E-state index in [1.54, 1.807) is 24.3 Å². The minimum absolute atomic E-state index is 0.124. The predicted molar refractivity (Wildman–Crippen MR) is 76.2 cm³/mol. The van der Waals surface area contributed by atoms with E-state index in [-0.39, 0.29) is 16.7 Å². The van der Waals surface area contributed by atoms with Crippen LogP contribution in [0.2, 0.25) is 0 Å². The van der Waals surface area contributed by atoms with E-state index >= 15 is 0 Å². The van der Waals surface area contributed by atoms with Crippen LogP contribution < -0.4 is 5.56 Å². The van der Waals surface area contributed by atoms with E-state index in [0.717, 1.165) is 22.8 Å². The molecule has 114 valence electrons. The summed E-state index contributed by atoms with van der Waals surface area (Å²) in [5.74, 6) is -0.421. The Hall–Kier alpha value is -2.96. The van der Waals surface area contributed by atoms with Gasteiger partial charge in [0.1, 0.15) is 0 Å². The molecule has 0 spiro atoms. The Bertz CT molecular complexity index is 1050. The fraction of sp³-hybridized carbons (Fsp3) is 0.0625. The number of halogens is 3. The van der Waals surface area contributed by atoms with Crippen LogP contribution in [0, 0.1) is 0 Å². The average molecular weight is 316 g/mol. The van der Waals surface area contributed by atoms with Crippen LogP contribution in [0.15, 0.2) is 47.3 Å². The summed E-state index contributed by atoms with van der Waals surface area (Å²) in [7, 11) is 0. The van der Waals surface area contributed by atoms with Gasteiger partial charge in [0.25, 0.3) is 11.5 Å². The normalized spacial score (nSPS) is 13.3. The second-order valence-electron chi connectivity index (χ2n) is 5.16. The molecule has 0 atom stereocenters. The highest BCUT2D eigenvalue weighted by Crippen LogP contribution is 2.33. The van der Waals surface area contributed by atoms with Gasteiger partial charge in [-0.1, -0.05) is 18.2 Å². The molecule has 0 saturated heterocycles. The van der Waals surface area contributed by atoms with Crippen molar-refractivity contribution in [3.63, 3.8) is 0 Å². The third-order valence-corrected chi connectivity index (χ3v) is 3.80. The molecule has 0 amide bonds. The van der Waals surface area contributed by atoms with Gasteiger partial charge in [-0.25, -0.2) is 9.55 Å². The molecule has 0 unspecified atom stereocenters. The SMILES string of the molecule is O=C1c2ccccc2-c2nc3ccc(C(F)(F)F)cc3c(=O)n21. The molecule has 4 nitrogen and oxygen atoms in total. The summed E-state index contributed by atoms with van der Waals surface area (Å²) >= 11 is 0. The highest BCUT2D eigenvalue weighted by atomic mass is 19.4. The number of hydrogen-bond donors (Lipinski definition) is 0. The number of benzene rings is 2. The number of fused-ring (bicyclic) bond motifs is 4. The average Bonchev–Trinajstić information content (AvgIpc) is 2.80. The highest BCUT2D eigenvalue weighted by Gasteiger charge is 2.33. The van der Waals surface area contributed by atoms with Gasteiger partial charge in [0.15, 0.2) is 5.82 Å². The van der Waals surface area contributed by atoms with Crippen LogP contribution in [0.1, 0.15) is 15.9 Å². The maximum Gasteiger partial charge on any atom is 0.416 e. The molecule has 3 aromatic rings. The molecule has 2 heterocycles. The summed E-state index contributed by atoms with van der Waals surface area (Å²) in [6, 6.07) is 9.29. The standard InChI is InChI=1S/C16H7F3N2O2/c17-16(18,19)8-5-6-12-11(7-8)15(23)21-13(20-12)9-3-1-2-4-10(9)14(21)22/h1-7H. The topological polar surface area (TPSA) is 52.0 Å². The lowest BCUT2D eigenvalue weighted by Crippen LogP contribution is -2.26. The zero-order chi connectivity index (χ0) is 16.4. The van der Waals surface area contributed by atoms with Gasteiger partial charge in [-0.2, -0.15) is 13.2 Å². The third kappa shape index (κ3) is 1.82. The van der Waals surface area contributed by atoms with Gasteiger partial charge in [-0.3, -0.25) is 9.59 Å². The van der Waals surface area contributed by atoms with E-state index in [4.69, 9.17) is 0 Å². The first kappa shape index (κ1) is 13.7. The lowest BCUT2D eigenvalue weighted by Gasteiger charge is -2.08. The Morgan fingerprint density at radius 3 is 2.35 bits per heavy atom. The molecule has 0 N–H and O–H groups in total. The van der Waals surface area contributed by atoms with Crippen molar-refractivity contribution in [1.29, 1.82) is 0 Å².